The molecule has 1 aromatic heterocycles. The number of rotatable bonds is 7. The summed E-state index contributed by atoms with van der Waals surface area (Å²) in [5, 5.41) is 49.6. The smallest absolute Gasteiger partial charge is 0.373 e. The third-order valence-electron chi connectivity index (χ3n) is 2.56. The molecule has 12 heteroatoms. The van der Waals surface area contributed by atoms with E-state index in [9.17, 15) is 29.9 Å². The second kappa shape index (κ2) is 6.94. The number of anilines is 1. The minimum absolute atomic E-state index is 0.529. The van der Waals surface area contributed by atoms with Gasteiger partial charge in [-0.05, 0) is 0 Å². The fourth-order valence-electron chi connectivity index (χ4n) is 1.47. The van der Waals surface area contributed by atoms with Crippen molar-refractivity contribution in [3.63, 3.8) is 0 Å². The summed E-state index contributed by atoms with van der Waals surface area (Å²) in [4.78, 5) is 35.7. The molecule has 0 aliphatic carbocycles. The molecular formula is C9H14N4O8. The lowest BCUT2D eigenvalue weighted by molar-refractivity contribution is -0.385. The van der Waals surface area contributed by atoms with Crippen LogP contribution in [0.3, 0.4) is 0 Å². The number of nitro groups is 1. The van der Waals surface area contributed by atoms with Gasteiger partial charge in [-0.2, -0.15) is 0 Å². The molecule has 0 aromatic carbocycles. The summed E-state index contributed by atoms with van der Waals surface area (Å²) in [5.74, 6) is -0.557. The van der Waals surface area contributed by atoms with E-state index in [1.165, 1.54) is 0 Å². The maximum Gasteiger partial charge on any atom is 0.373 e. The third-order valence-corrected chi connectivity index (χ3v) is 2.56. The molecule has 12 nitrogen and oxygen atoms in total. The molecule has 21 heavy (non-hydrogen) atoms. The normalized spacial score (nSPS) is 15.2. The van der Waals surface area contributed by atoms with E-state index in [0.717, 1.165) is 0 Å². The van der Waals surface area contributed by atoms with Gasteiger partial charge < -0.3 is 25.7 Å². The van der Waals surface area contributed by atoms with Crippen molar-refractivity contribution in [3.8, 4) is 0 Å². The maximum atomic E-state index is 11.3. The van der Waals surface area contributed by atoms with Crippen molar-refractivity contribution in [2.75, 3.05) is 18.5 Å². The molecule has 0 aliphatic rings. The van der Waals surface area contributed by atoms with Gasteiger partial charge in [0.2, 0.25) is 0 Å². The van der Waals surface area contributed by atoms with Crippen LogP contribution < -0.4 is 16.6 Å². The second-order valence-corrected chi connectivity index (χ2v) is 4.08. The number of nitrogens with zero attached hydrogens (tertiary/aromatic N) is 1. The quantitative estimate of drug-likeness (QED) is 0.196. The summed E-state index contributed by atoms with van der Waals surface area (Å²) < 4.78 is 0. The van der Waals surface area contributed by atoms with Gasteiger partial charge in [0.05, 0.1) is 17.6 Å². The van der Waals surface area contributed by atoms with E-state index in [1.807, 2.05) is 4.98 Å². The highest BCUT2D eigenvalue weighted by atomic mass is 16.6. The van der Waals surface area contributed by atoms with Gasteiger partial charge in [-0.25, -0.2) is 4.79 Å². The van der Waals surface area contributed by atoms with E-state index >= 15 is 0 Å². The molecule has 1 rings (SSSR count). The summed E-state index contributed by atoms with van der Waals surface area (Å²) in [6.45, 7) is -1.33. The molecule has 0 amide bonds. The zero-order chi connectivity index (χ0) is 16.2. The number of aliphatic hydroxyl groups is 4. The first kappa shape index (κ1) is 16.8. The molecule has 3 atom stereocenters. The highest BCUT2D eigenvalue weighted by Gasteiger charge is 2.26. The monoisotopic (exact) mass is 306 g/mol. The van der Waals surface area contributed by atoms with Crippen LogP contribution >= 0.6 is 0 Å². The average molecular weight is 306 g/mol. The fourth-order valence-corrected chi connectivity index (χ4v) is 1.47. The zero-order valence-corrected chi connectivity index (χ0v) is 10.5. The number of aliphatic hydroxyl groups excluding tert-OH is 4. The molecule has 0 saturated heterocycles. The lowest BCUT2D eigenvalue weighted by Gasteiger charge is -2.21. The number of aromatic amines is 2. The Kier molecular flexibility index (Phi) is 5.54. The lowest BCUT2D eigenvalue weighted by Crippen LogP contribution is -2.43. The molecule has 0 spiro atoms. The SMILES string of the molecule is O=c1[nH]c(NC[C@H](O)[C@H](O)[C@H](O)CO)c([N+](=O)[O-])c(=O)[nH]1. The molecule has 7 N–H and O–H groups in total. The van der Waals surface area contributed by atoms with Crippen molar-refractivity contribution in [2.45, 2.75) is 18.3 Å². The highest BCUT2D eigenvalue weighted by molar-refractivity contribution is 5.53. The van der Waals surface area contributed by atoms with Crippen molar-refractivity contribution in [3.05, 3.63) is 31.0 Å². The minimum Gasteiger partial charge on any atom is -0.394 e. The van der Waals surface area contributed by atoms with Gasteiger partial charge in [0.25, 0.3) is 0 Å². The van der Waals surface area contributed by atoms with Crippen LogP contribution in [0.2, 0.25) is 0 Å². The molecule has 1 aromatic rings. The molecule has 0 saturated carbocycles. The predicted octanol–water partition coefficient (Wildman–Crippen LogP) is -3.54. The number of hydrogen-bond acceptors (Lipinski definition) is 9. The Morgan fingerprint density at radius 3 is 2.33 bits per heavy atom. The van der Waals surface area contributed by atoms with E-state index in [0.29, 0.717) is 0 Å². The van der Waals surface area contributed by atoms with E-state index in [-0.39, 0.29) is 0 Å². The number of nitrogens with one attached hydrogen (secondary N) is 3. The van der Waals surface area contributed by atoms with Gasteiger partial charge in [0.15, 0.2) is 5.82 Å². The maximum absolute atomic E-state index is 11.3. The van der Waals surface area contributed by atoms with Crippen LogP contribution in [0.15, 0.2) is 9.59 Å². The van der Waals surface area contributed by atoms with Crippen LogP contribution in [0.4, 0.5) is 11.5 Å². The molecule has 0 bridgehead atoms. The summed E-state index contributed by atoms with van der Waals surface area (Å²) in [7, 11) is 0. The number of aromatic nitrogens is 2. The first-order valence-electron chi connectivity index (χ1n) is 5.67. The Morgan fingerprint density at radius 1 is 1.19 bits per heavy atom. The Hall–Kier alpha value is -2.28. The highest BCUT2D eigenvalue weighted by Crippen LogP contribution is 2.14. The summed E-state index contributed by atoms with van der Waals surface area (Å²) in [6.07, 6.45) is -4.96. The van der Waals surface area contributed by atoms with Crippen LogP contribution in [-0.2, 0) is 0 Å². The van der Waals surface area contributed by atoms with Gasteiger partial charge in [0, 0.05) is 6.54 Å². The first-order valence-corrected chi connectivity index (χ1v) is 5.67. The van der Waals surface area contributed by atoms with Crippen LogP contribution in [0, 0.1) is 10.1 Å². The van der Waals surface area contributed by atoms with Crippen LogP contribution in [-0.4, -0.2) is 66.8 Å². The molecule has 0 unspecified atom stereocenters. The van der Waals surface area contributed by atoms with E-state index in [4.69, 9.17) is 10.2 Å². The molecule has 0 fully saturated rings. The lowest BCUT2D eigenvalue weighted by atomic mass is 10.1. The summed E-state index contributed by atoms with van der Waals surface area (Å²) >= 11 is 0. The Labute approximate surface area is 115 Å². The Bertz CT molecular complexity index is 611. The predicted molar refractivity (Wildman–Crippen MR) is 67.9 cm³/mol. The van der Waals surface area contributed by atoms with Gasteiger partial charge in [-0.15, -0.1) is 0 Å². The van der Waals surface area contributed by atoms with Crippen molar-refractivity contribution < 1.29 is 25.3 Å². The molecule has 118 valence electrons. The number of H-pyrrole nitrogens is 2. The second-order valence-electron chi connectivity index (χ2n) is 4.08. The third kappa shape index (κ3) is 4.09. The molecular weight excluding hydrogens is 292 g/mol. The largest absolute Gasteiger partial charge is 0.394 e. The van der Waals surface area contributed by atoms with Crippen molar-refractivity contribution in [1.29, 1.82) is 0 Å². The van der Waals surface area contributed by atoms with Gasteiger partial charge in [-0.3, -0.25) is 24.9 Å². The first-order chi connectivity index (χ1) is 9.77. The number of hydrogen-bond donors (Lipinski definition) is 7. The van der Waals surface area contributed by atoms with Crippen molar-refractivity contribution in [2.24, 2.45) is 0 Å². The van der Waals surface area contributed by atoms with E-state index in [2.05, 4.69) is 5.32 Å². The van der Waals surface area contributed by atoms with Crippen LogP contribution in [0.1, 0.15) is 0 Å². The van der Waals surface area contributed by atoms with Crippen LogP contribution in [0.25, 0.3) is 0 Å². The van der Waals surface area contributed by atoms with Crippen molar-refractivity contribution in [1.82, 2.24) is 9.97 Å². The summed E-state index contributed by atoms with van der Waals surface area (Å²) in [5.41, 5.74) is -3.21. The molecule has 0 radical (unpaired) electrons. The van der Waals surface area contributed by atoms with E-state index < -0.39 is 59.1 Å². The van der Waals surface area contributed by atoms with Gasteiger partial charge >= 0.3 is 16.9 Å². The van der Waals surface area contributed by atoms with Crippen LogP contribution in [0.5, 0.6) is 0 Å². The van der Waals surface area contributed by atoms with Crippen molar-refractivity contribution >= 4 is 11.5 Å². The summed E-state index contributed by atoms with van der Waals surface area (Å²) in [6, 6.07) is 0. The average Bonchev–Trinajstić information content (AvgIpc) is 2.41. The standard InChI is InChI=1S/C9H14N4O8/c14-2-4(16)6(17)3(15)1-10-7-5(13(20)21)8(18)12-9(19)11-7/h3-4,6,14-17H,1-2H2,(H3,10,11,12,18,19)/t3-,4+,6-/m0/s1. The Morgan fingerprint density at radius 2 is 1.81 bits per heavy atom. The van der Waals surface area contributed by atoms with Gasteiger partial charge in [0.1, 0.15) is 12.2 Å². The topological polar surface area (TPSA) is 202 Å². The Balaban J connectivity index is 2.92. The van der Waals surface area contributed by atoms with E-state index in [1.54, 1.807) is 4.98 Å². The van der Waals surface area contributed by atoms with Gasteiger partial charge in [-0.1, -0.05) is 0 Å². The molecule has 0 aliphatic heterocycles. The fraction of sp³-hybridized carbons (Fsp3) is 0.556. The minimum atomic E-state index is -1.73. The zero-order valence-electron chi connectivity index (χ0n) is 10.5. The molecule has 1 heterocycles.